The van der Waals surface area contributed by atoms with Crippen LogP contribution in [0, 0.1) is 23.0 Å². The van der Waals surface area contributed by atoms with Crippen molar-refractivity contribution in [1.29, 1.82) is 0 Å². The number of aryl methyl sites for hydroxylation is 1. The standard InChI is InChI=1S/C16H21N5O2/c1-11(2)9-18-16-19-12(3)14(21(22)23)15(20-16)17-10-13-7-5-4-6-8-13/h4-8,11H,9-10H2,1-3H3,(H2,17,18,19,20). The quantitative estimate of drug-likeness (QED) is 0.601. The second-order valence-electron chi connectivity index (χ2n) is 5.70. The molecule has 0 bridgehead atoms. The molecular weight excluding hydrogens is 294 g/mol. The summed E-state index contributed by atoms with van der Waals surface area (Å²) in [6.45, 7) is 6.92. The number of rotatable bonds is 7. The Kier molecular flexibility index (Phi) is 5.46. The van der Waals surface area contributed by atoms with Gasteiger partial charge < -0.3 is 10.6 Å². The smallest absolute Gasteiger partial charge is 0.332 e. The molecule has 1 aromatic carbocycles. The second-order valence-corrected chi connectivity index (χ2v) is 5.70. The molecule has 0 atom stereocenters. The molecule has 2 N–H and O–H groups in total. The predicted octanol–water partition coefficient (Wildman–Crippen LogP) is 3.37. The van der Waals surface area contributed by atoms with Gasteiger partial charge in [0.2, 0.25) is 11.8 Å². The van der Waals surface area contributed by atoms with Gasteiger partial charge in [0.1, 0.15) is 5.69 Å². The number of benzene rings is 1. The molecule has 122 valence electrons. The van der Waals surface area contributed by atoms with Gasteiger partial charge in [0, 0.05) is 13.1 Å². The summed E-state index contributed by atoms with van der Waals surface area (Å²) in [4.78, 5) is 19.3. The van der Waals surface area contributed by atoms with Crippen LogP contribution in [0.2, 0.25) is 0 Å². The summed E-state index contributed by atoms with van der Waals surface area (Å²) in [6, 6.07) is 9.67. The number of aromatic nitrogens is 2. The number of nitro groups is 1. The molecule has 0 spiro atoms. The zero-order valence-corrected chi connectivity index (χ0v) is 13.5. The van der Waals surface area contributed by atoms with E-state index in [1.54, 1.807) is 6.92 Å². The fourth-order valence-electron chi connectivity index (χ4n) is 2.06. The summed E-state index contributed by atoms with van der Waals surface area (Å²) >= 11 is 0. The molecule has 0 radical (unpaired) electrons. The molecule has 2 aromatic rings. The lowest BCUT2D eigenvalue weighted by Crippen LogP contribution is -2.14. The average molecular weight is 315 g/mol. The van der Waals surface area contributed by atoms with Crippen molar-refractivity contribution in [3.8, 4) is 0 Å². The lowest BCUT2D eigenvalue weighted by molar-refractivity contribution is -0.385. The Labute approximate surface area is 135 Å². The molecule has 1 aromatic heterocycles. The van der Waals surface area contributed by atoms with E-state index in [0.29, 0.717) is 30.6 Å². The van der Waals surface area contributed by atoms with Crippen molar-refractivity contribution in [3.05, 3.63) is 51.7 Å². The fraction of sp³-hybridized carbons (Fsp3) is 0.375. The zero-order chi connectivity index (χ0) is 16.8. The van der Waals surface area contributed by atoms with Crippen molar-refractivity contribution in [2.75, 3.05) is 17.2 Å². The van der Waals surface area contributed by atoms with E-state index in [4.69, 9.17) is 0 Å². The molecule has 0 amide bonds. The highest BCUT2D eigenvalue weighted by molar-refractivity contribution is 5.61. The number of anilines is 2. The first-order chi connectivity index (χ1) is 11.0. The minimum atomic E-state index is -0.450. The molecule has 0 aliphatic rings. The van der Waals surface area contributed by atoms with Crippen molar-refractivity contribution in [2.45, 2.75) is 27.3 Å². The average Bonchev–Trinajstić information content (AvgIpc) is 2.51. The maximum atomic E-state index is 11.3. The summed E-state index contributed by atoms with van der Waals surface area (Å²) in [5.74, 6) is 1.06. The summed E-state index contributed by atoms with van der Waals surface area (Å²) in [7, 11) is 0. The Bertz CT molecular complexity index is 674. The molecule has 7 nitrogen and oxygen atoms in total. The third-order valence-corrected chi connectivity index (χ3v) is 3.21. The van der Waals surface area contributed by atoms with Gasteiger partial charge >= 0.3 is 5.69 Å². The lowest BCUT2D eigenvalue weighted by Gasteiger charge is -2.12. The van der Waals surface area contributed by atoms with Gasteiger partial charge in [-0.15, -0.1) is 0 Å². The first-order valence-corrected chi connectivity index (χ1v) is 7.52. The summed E-state index contributed by atoms with van der Waals surface area (Å²) in [6.07, 6.45) is 0. The molecule has 0 unspecified atom stereocenters. The van der Waals surface area contributed by atoms with Crippen molar-refractivity contribution in [2.24, 2.45) is 5.92 Å². The monoisotopic (exact) mass is 315 g/mol. The van der Waals surface area contributed by atoms with Gasteiger partial charge in [-0.1, -0.05) is 44.2 Å². The van der Waals surface area contributed by atoms with E-state index in [1.807, 2.05) is 30.3 Å². The zero-order valence-electron chi connectivity index (χ0n) is 13.5. The van der Waals surface area contributed by atoms with E-state index in [0.717, 1.165) is 5.56 Å². The van der Waals surface area contributed by atoms with Crippen LogP contribution in [0.15, 0.2) is 30.3 Å². The normalized spacial score (nSPS) is 10.6. The van der Waals surface area contributed by atoms with Gasteiger partial charge in [0.05, 0.1) is 4.92 Å². The summed E-state index contributed by atoms with van der Waals surface area (Å²) < 4.78 is 0. The Balaban J connectivity index is 2.24. The van der Waals surface area contributed by atoms with Gasteiger partial charge in [-0.2, -0.15) is 4.98 Å². The molecule has 2 rings (SSSR count). The third-order valence-electron chi connectivity index (χ3n) is 3.21. The second kappa shape index (κ2) is 7.53. The highest BCUT2D eigenvalue weighted by Gasteiger charge is 2.22. The minimum absolute atomic E-state index is 0.0870. The Morgan fingerprint density at radius 1 is 1.17 bits per heavy atom. The SMILES string of the molecule is Cc1nc(NCC(C)C)nc(NCc2ccccc2)c1[N+](=O)[O-]. The van der Waals surface area contributed by atoms with Crippen molar-refractivity contribution >= 4 is 17.5 Å². The maximum absolute atomic E-state index is 11.3. The fourth-order valence-corrected chi connectivity index (χ4v) is 2.06. The van der Waals surface area contributed by atoms with E-state index in [1.165, 1.54) is 0 Å². The van der Waals surface area contributed by atoms with Crippen LogP contribution in [0.1, 0.15) is 25.1 Å². The summed E-state index contributed by atoms with van der Waals surface area (Å²) in [5.41, 5.74) is 1.28. The van der Waals surface area contributed by atoms with Gasteiger partial charge in [0.15, 0.2) is 0 Å². The van der Waals surface area contributed by atoms with Crippen molar-refractivity contribution in [1.82, 2.24) is 9.97 Å². The molecule has 7 heteroatoms. The first-order valence-electron chi connectivity index (χ1n) is 7.52. The largest absolute Gasteiger partial charge is 0.360 e. The topological polar surface area (TPSA) is 93.0 Å². The maximum Gasteiger partial charge on any atom is 0.332 e. The highest BCUT2D eigenvalue weighted by atomic mass is 16.6. The molecular formula is C16H21N5O2. The van der Waals surface area contributed by atoms with Crippen LogP contribution in [-0.2, 0) is 6.54 Å². The summed E-state index contributed by atoms with van der Waals surface area (Å²) in [5, 5.41) is 17.4. The van der Waals surface area contributed by atoms with Crippen LogP contribution >= 0.6 is 0 Å². The number of hydrogen-bond acceptors (Lipinski definition) is 6. The van der Waals surface area contributed by atoms with Gasteiger partial charge in [-0.05, 0) is 18.4 Å². The van der Waals surface area contributed by atoms with Crippen LogP contribution < -0.4 is 10.6 Å². The van der Waals surface area contributed by atoms with E-state index in [-0.39, 0.29) is 11.5 Å². The molecule has 0 aliphatic heterocycles. The minimum Gasteiger partial charge on any atom is -0.360 e. The van der Waals surface area contributed by atoms with Crippen LogP contribution in [-0.4, -0.2) is 21.4 Å². The highest BCUT2D eigenvalue weighted by Crippen LogP contribution is 2.27. The third kappa shape index (κ3) is 4.64. The predicted molar refractivity (Wildman–Crippen MR) is 90.5 cm³/mol. The van der Waals surface area contributed by atoms with Crippen molar-refractivity contribution in [3.63, 3.8) is 0 Å². The van der Waals surface area contributed by atoms with Crippen LogP contribution in [0.4, 0.5) is 17.5 Å². The van der Waals surface area contributed by atoms with Crippen LogP contribution in [0.25, 0.3) is 0 Å². The van der Waals surface area contributed by atoms with Gasteiger partial charge in [-0.3, -0.25) is 10.1 Å². The van der Waals surface area contributed by atoms with E-state index < -0.39 is 4.92 Å². The molecule has 0 aliphatic carbocycles. The molecule has 0 fully saturated rings. The number of hydrogen-bond donors (Lipinski definition) is 2. The van der Waals surface area contributed by atoms with Crippen LogP contribution in [0.3, 0.4) is 0 Å². The Morgan fingerprint density at radius 3 is 2.48 bits per heavy atom. The molecule has 23 heavy (non-hydrogen) atoms. The lowest BCUT2D eigenvalue weighted by atomic mass is 10.2. The van der Waals surface area contributed by atoms with E-state index >= 15 is 0 Å². The molecule has 0 saturated carbocycles. The number of nitrogens with one attached hydrogen (secondary N) is 2. The Hall–Kier alpha value is -2.70. The Morgan fingerprint density at radius 2 is 1.87 bits per heavy atom. The van der Waals surface area contributed by atoms with Crippen LogP contribution in [0.5, 0.6) is 0 Å². The van der Waals surface area contributed by atoms with E-state index in [9.17, 15) is 10.1 Å². The van der Waals surface area contributed by atoms with E-state index in [2.05, 4.69) is 34.4 Å². The van der Waals surface area contributed by atoms with Crippen molar-refractivity contribution < 1.29 is 4.92 Å². The van der Waals surface area contributed by atoms with Gasteiger partial charge in [-0.25, -0.2) is 4.98 Å². The molecule has 0 saturated heterocycles. The van der Waals surface area contributed by atoms with Gasteiger partial charge in [0.25, 0.3) is 0 Å². The molecule has 1 heterocycles. The first kappa shape index (κ1) is 16.7. The number of nitrogens with zero attached hydrogens (tertiary/aromatic N) is 3.